The van der Waals surface area contributed by atoms with Crippen molar-refractivity contribution in [1.29, 1.82) is 0 Å². The van der Waals surface area contributed by atoms with E-state index >= 15 is 0 Å². The fourth-order valence-electron chi connectivity index (χ4n) is 2.13. The summed E-state index contributed by atoms with van der Waals surface area (Å²) < 4.78 is 37.2. The van der Waals surface area contributed by atoms with E-state index in [-0.39, 0.29) is 22.4 Å². The SMILES string of the molecule is CC(C)(C)c1nc(CCNS(=O)(=O)c2ccc3[nH]c(=O)oc3c2)no1. The molecule has 0 amide bonds. The minimum absolute atomic E-state index is 0.00578. The Balaban J connectivity index is 1.68. The van der Waals surface area contributed by atoms with Crippen LogP contribution >= 0.6 is 0 Å². The Bertz CT molecular complexity index is 1060. The summed E-state index contributed by atoms with van der Waals surface area (Å²) in [7, 11) is -3.75. The number of hydrogen-bond donors (Lipinski definition) is 2. The minimum Gasteiger partial charge on any atom is -0.408 e. The molecule has 10 heteroatoms. The van der Waals surface area contributed by atoms with E-state index < -0.39 is 15.8 Å². The average molecular weight is 366 g/mol. The third kappa shape index (κ3) is 3.80. The summed E-state index contributed by atoms with van der Waals surface area (Å²) in [5, 5.41) is 3.84. The molecular weight excluding hydrogens is 348 g/mol. The van der Waals surface area contributed by atoms with Gasteiger partial charge in [-0.1, -0.05) is 25.9 Å². The summed E-state index contributed by atoms with van der Waals surface area (Å²) in [5.74, 6) is 0.294. The van der Waals surface area contributed by atoms with Crippen LogP contribution in [0.1, 0.15) is 32.5 Å². The number of fused-ring (bicyclic) bond motifs is 1. The van der Waals surface area contributed by atoms with Gasteiger partial charge < -0.3 is 8.94 Å². The van der Waals surface area contributed by atoms with Crippen LogP contribution in [0.4, 0.5) is 0 Å². The van der Waals surface area contributed by atoms with Gasteiger partial charge in [-0.2, -0.15) is 4.98 Å². The second kappa shape index (κ2) is 6.12. The summed E-state index contributed by atoms with van der Waals surface area (Å²) in [6.45, 7) is 5.95. The van der Waals surface area contributed by atoms with Crippen molar-refractivity contribution in [3.8, 4) is 0 Å². The van der Waals surface area contributed by atoms with E-state index in [1.54, 1.807) is 0 Å². The van der Waals surface area contributed by atoms with E-state index in [0.29, 0.717) is 23.7 Å². The van der Waals surface area contributed by atoms with Crippen LogP contribution in [-0.4, -0.2) is 30.1 Å². The van der Waals surface area contributed by atoms with Gasteiger partial charge in [0.25, 0.3) is 0 Å². The van der Waals surface area contributed by atoms with Gasteiger partial charge in [-0.15, -0.1) is 0 Å². The first kappa shape index (κ1) is 17.4. The third-order valence-corrected chi connectivity index (χ3v) is 4.91. The Hall–Kier alpha value is -2.46. The molecule has 0 bridgehead atoms. The van der Waals surface area contributed by atoms with Crippen molar-refractivity contribution in [3.05, 3.63) is 40.5 Å². The molecule has 134 valence electrons. The van der Waals surface area contributed by atoms with Gasteiger partial charge in [0.15, 0.2) is 11.4 Å². The zero-order valence-electron chi connectivity index (χ0n) is 14.0. The summed E-state index contributed by atoms with van der Waals surface area (Å²) in [6.07, 6.45) is 0.292. The Morgan fingerprint density at radius 1 is 1.28 bits per heavy atom. The van der Waals surface area contributed by atoms with Gasteiger partial charge in [-0.25, -0.2) is 17.9 Å². The first-order valence-electron chi connectivity index (χ1n) is 7.61. The number of nitrogens with zero attached hydrogens (tertiary/aromatic N) is 2. The number of rotatable bonds is 5. The van der Waals surface area contributed by atoms with Crippen molar-refractivity contribution in [2.45, 2.75) is 37.5 Å². The number of aromatic nitrogens is 3. The highest BCUT2D eigenvalue weighted by atomic mass is 32.2. The lowest BCUT2D eigenvalue weighted by Gasteiger charge is -2.10. The van der Waals surface area contributed by atoms with Gasteiger partial charge in [0.2, 0.25) is 15.9 Å². The second-order valence-corrected chi connectivity index (χ2v) is 8.35. The highest BCUT2D eigenvalue weighted by molar-refractivity contribution is 7.89. The fourth-order valence-corrected chi connectivity index (χ4v) is 3.18. The first-order valence-corrected chi connectivity index (χ1v) is 9.09. The van der Waals surface area contributed by atoms with Crippen LogP contribution in [0.5, 0.6) is 0 Å². The molecule has 9 nitrogen and oxygen atoms in total. The molecule has 0 aliphatic rings. The molecule has 0 spiro atoms. The highest BCUT2D eigenvalue weighted by Crippen LogP contribution is 2.20. The standard InChI is InChI=1S/C15H18N4O5S/c1-15(2,3)13-18-12(19-24-13)6-7-16-25(21,22)9-4-5-10-11(8-9)23-14(20)17-10/h4-5,8,16H,6-7H2,1-3H3,(H,17,20). The Labute approximate surface area is 143 Å². The molecule has 3 aromatic rings. The van der Waals surface area contributed by atoms with E-state index in [9.17, 15) is 13.2 Å². The summed E-state index contributed by atoms with van der Waals surface area (Å²) >= 11 is 0. The molecule has 3 rings (SSSR count). The quantitative estimate of drug-likeness (QED) is 0.696. The van der Waals surface area contributed by atoms with Gasteiger partial charge in [0.05, 0.1) is 10.4 Å². The number of H-pyrrole nitrogens is 1. The van der Waals surface area contributed by atoms with Crippen molar-refractivity contribution in [3.63, 3.8) is 0 Å². The number of aromatic amines is 1. The zero-order chi connectivity index (χ0) is 18.2. The van der Waals surface area contributed by atoms with Crippen molar-refractivity contribution in [2.24, 2.45) is 0 Å². The maximum atomic E-state index is 12.3. The molecule has 0 fully saturated rings. The molecule has 0 unspecified atom stereocenters. The van der Waals surface area contributed by atoms with Gasteiger partial charge in [-0.3, -0.25) is 4.98 Å². The molecule has 0 radical (unpaired) electrons. The number of sulfonamides is 1. The Morgan fingerprint density at radius 2 is 2.04 bits per heavy atom. The van der Waals surface area contributed by atoms with Crippen LogP contribution in [0, 0.1) is 0 Å². The topological polar surface area (TPSA) is 131 Å². The predicted octanol–water partition coefficient (Wildman–Crippen LogP) is 1.32. The lowest BCUT2D eigenvalue weighted by Crippen LogP contribution is -2.26. The summed E-state index contributed by atoms with van der Waals surface area (Å²) in [4.78, 5) is 17.8. The van der Waals surface area contributed by atoms with E-state index in [0.717, 1.165) is 0 Å². The molecule has 2 aromatic heterocycles. The van der Waals surface area contributed by atoms with Gasteiger partial charge >= 0.3 is 5.76 Å². The minimum atomic E-state index is -3.75. The summed E-state index contributed by atoms with van der Waals surface area (Å²) in [5.41, 5.74) is 0.354. The highest BCUT2D eigenvalue weighted by Gasteiger charge is 2.22. The van der Waals surface area contributed by atoms with Crippen LogP contribution in [0.3, 0.4) is 0 Å². The van der Waals surface area contributed by atoms with E-state index in [1.165, 1.54) is 18.2 Å². The van der Waals surface area contributed by atoms with E-state index in [1.807, 2.05) is 20.8 Å². The lowest BCUT2D eigenvalue weighted by atomic mass is 9.97. The smallest absolute Gasteiger partial charge is 0.408 e. The molecule has 2 N–H and O–H groups in total. The van der Waals surface area contributed by atoms with Crippen molar-refractivity contribution >= 4 is 21.1 Å². The molecule has 0 saturated carbocycles. The molecule has 0 saturated heterocycles. The molecule has 0 atom stereocenters. The Kier molecular flexibility index (Phi) is 4.25. The van der Waals surface area contributed by atoms with E-state index in [2.05, 4.69) is 19.8 Å². The van der Waals surface area contributed by atoms with Gasteiger partial charge in [0.1, 0.15) is 0 Å². The normalized spacial score (nSPS) is 12.8. The van der Waals surface area contributed by atoms with Crippen molar-refractivity contribution < 1.29 is 17.4 Å². The van der Waals surface area contributed by atoms with Gasteiger partial charge in [-0.05, 0) is 12.1 Å². The second-order valence-electron chi connectivity index (χ2n) is 6.59. The monoisotopic (exact) mass is 366 g/mol. The zero-order valence-corrected chi connectivity index (χ0v) is 14.8. The molecular formula is C15H18N4O5S. The number of benzene rings is 1. The third-order valence-electron chi connectivity index (χ3n) is 3.45. The maximum Gasteiger partial charge on any atom is 0.417 e. The molecule has 0 aliphatic heterocycles. The van der Waals surface area contributed by atoms with Crippen molar-refractivity contribution in [2.75, 3.05) is 6.54 Å². The van der Waals surface area contributed by atoms with Crippen LogP contribution in [-0.2, 0) is 21.9 Å². The van der Waals surface area contributed by atoms with E-state index in [4.69, 9.17) is 8.94 Å². The van der Waals surface area contributed by atoms with Crippen LogP contribution in [0.2, 0.25) is 0 Å². The largest absolute Gasteiger partial charge is 0.417 e. The molecule has 25 heavy (non-hydrogen) atoms. The molecule has 2 heterocycles. The van der Waals surface area contributed by atoms with Gasteiger partial charge in [0, 0.05) is 24.4 Å². The predicted molar refractivity (Wildman–Crippen MR) is 88.7 cm³/mol. The average Bonchev–Trinajstić information content (AvgIpc) is 3.11. The van der Waals surface area contributed by atoms with Crippen molar-refractivity contribution in [1.82, 2.24) is 19.8 Å². The van der Waals surface area contributed by atoms with Crippen LogP contribution in [0.15, 0.2) is 36.8 Å². The number of hydrogen-bond acceptors (Lipinski definition) is 7. The molecule has 1 aromatic carbocycles. The van der Waals surface area contributed by atoms with Crippen LogP contribution < -0.4 is 10.5 Å². The first-order chi connectivity index (χ1) is 11.6. The van der Waals surface area contributed by atoms with Crippen LogP contribution in [0.25, 0.3) is 11.1 Å². The number of oxazole rings is 1. The lowest BCUT2D eigenvalue weighted by molar-refractivity contribution is 0.318. The maximum absolute atomic E-state index is 12.3. The number of nitrogens with one attached hydrogen (secondary N) is 2. The fraction of sp³-hybridized carbons (Fsp3) is 0.400. The summed E-state index contributed by atoms with van der Waals surface area (Å²) in [6, 6.07) is 4.16. The molecule has 0 aliphatic carbocycles. The Morgan fingerprint density at radius 3 is 2.72 bits per heavy atom.